The summed E-state index contributed by atoms with van der Waals surface area (Å²) < 4.78 is 0. The van der Waals surface area contributed by atoms with Crippen LogP contribution in [0.4, 0.5) is 5.69 Å². The van der Waals surface area contributed by atoms with E-state index in [2.05, 4.69) is 16.3 Å². The maximum Gasteiger partial charge on any atom is 0.250 e. The van der Waals surface area contributed by atoms with Crippen molar-refractivity contribution in [3.8, 4) is 0 Å². The van der Waals surface area contributed by atoms with Gasteiger partial charge in [-0.25, -0.2) is 0 Å². The highest BCUT2D eigenvalue weighted by atomic mass is 16.2. The number of imide groups is 1. The van der Waals surface area contributed by atoms with E-state index in [1.807, 2.05) is 50.2 Å². The van der Waals surface area contributed by atoms with Gasteiger partial charge in [-0.15, -0.1) is 0 Å². The van der Waals surface area contributed by atoms with Crippen LogP contribution in [0.15, 0.2) is 42.5 Å². The second-order valence-corrected chi connectivity index (χ2v) is 9.38. The van der Waals surface area contributed by atoms with Crippen LogP contribution in [-0.2, 0) is 26.5 Å². The van der Waals surface area contributed by atoms with E-state index in [0.717, 1.165) is 47.3 Å². The van der Waals surface area contributed by atoms with Gasteiger partial charge in [0.1, 0.15) is 5.54 Å². The molecule has 3 saturated heterocycles. The number of fused-ring (bicyclic) bond motifs is 7. The summed E-state index contributed by atoms with van der Waals surface area (Å²) >= 11 is 0. The molecule has 4 heterocycles. The van der Waals surface area contributed by atoms with Crippen molar-refractivity contribution < 1.29 is 14.4 Å². The number of hydrogen-bond acceptors (Lipinski definition) is 4. The average Bonchev–Trinajstić information content (AvgIpc) is 3.45. The fourth-order valence-corrected chi connectivity index (χ4v) is 6.64. The maximum absolute atomic E-state index is 13.8. The van der Waals surface area contributed by atoms with E-state index in [1.165, 1.54) is 4.90 Å². The molecule has 0 radical (unpaired) electrons. The molecule has 1 N–H and O–H groups in total. The molecule has 3 fully saturated rings. The number of benzene rings is 2. The molecule has 4 aliphatic rings. The predicted octanol–water partition coefficient (Wildman–Crippen LogP) is 2.73. The SMILES string of the molecule is Cc1cc(C)c2c(c1)[C@@]1(C(=O)N2)[C@H]2C(=O)N(Cc3ccccc3)C(=O)[C@@H]2[C@H]2CCCN21. The van der Waals surface area contributed by atoms with Gasteiger partial charge in [0.05, 0.1) is 18.4 Å². The molecule has 0 unspecified atom stereocenters. The van der Waals surface area contributed by atoms with E-state index in [0.29, 0.717) is 0 Å². The second-order valence-electron chi connectivity index (χ2n) is 9.38. The van der Waals surface area contributed by atoms with Crippen LogP contribution >= 0.6 is 0 Å². The molecule has 3 amide bonds. The molecule has 2 aromatic rings. The molecular weight excluding hydrogens is 390 g/mol. The highest BCUT2D eigenvalue weighted by Gasteiger charge is 2.74. The van der Waals surface area contributed by atoms with Gasteiger partial charge in [-0.2, -0.15) is 0 Å². The first-order valence-electron chi connectivity index (χ1n) is 11.0. The Morgan fingerprint density at radius 3 is 2.61 bits per heavy atom. The van der Waals surface area contributed by atoms with Crippen molar-refractivity contribution in [3.63, 3.8) is 0 Å². The normalized spacial score (nSPS) is 31.4. The molecule has 0 aromatic heterocycles. The minimum atomic E-state index is -1.09. The van der Waals surface area contributed by atoms with Crippen molar-refractivity contribution >= 4 is 23.4 Å². The maximum atomic E-state index is 13.8. The quantitative estimate of drug-likeness (QED) is 0.766. The zero-order valence-electron chi connectivity index (χ0n) is 17.7. The van der Waals surface area contributed by atoms with Crippen molar-refractivity contribution in [1.82, 2.24) is 9.80 Å². The van der Waals surface area contributed by atoms with Gasteiger partial charge in [0.25, 0.3) is 0 Å². The van der Waals surface area contributed by atoms with E-state index < -0.39 is 17.4 Å². The Morgan fingerprint density at radius 1 is 1.06 bits per heavy atom. The highest BCUT2D eigenvalue weighted by molar-refractivity contribution is 6.15. The van der Waals surface area contributed by atoms with Gasteiger partial charge < -0.3 is 5.32 Å². The Bertz CT molecular complexity index is 1140. The zero-order chi connectivity index (χ0) is 21.5. The van der Waals surface area contributed by atoms with Crippen LogP contribution in [0.2, 0.25) is 0 Å². The summed E-state index contributed by atoms with van der Waals surface area (Å²) in [5, 5.41) is 3.09. The molecule has 158 valence electrons. The minimum absolute atomic E-state index is 0.0697. The Hall–Kier alpha value is -2.99. The van der Waals surface area contributed by atoms with Crippen molar-refractivity contribution in [3.05, 3.63) is 64.7 Å². The van der Waals surface area contributed by atoms with Crippen molar-refractivity contribution in [2.45, 2.75) is 44.8 Å². The van der Waals surface area contributed by atoms with Gasteiger partial charge in [-0.1, -0.05) is 48.0 Å². The van der Waals surface area contributed by atoms with E-state index >= 15 is 0 Å². The van der Waals surface area contributed by atoms with Crippen LogP contribution in [-0.4, -0.2) is 40.1 Å². The summed E-state index contributed by atoms with van der Waals surface area (Å²) in [4.78, 5) is 44.7. The third-order valence-corrected chi connectivity index (χ3v) is 7.72. The first kappa shape index (κ1) is 18.8. The molecule has 0 saturated carbocycles. The Kier molecular flexibility index (Phi) is 3.79. The lowest BCUT2D eigenvalue weighted by Crippen LogP contribution is -2.54. The van der Waals surface area contributed by atoms with Crippen LogP contribution < -0.4 is 5.32 Å². The van der Waals surface area contributed by atoms with Gasteiger partial charge >= 0.3 is 0 Å². The van der Waals surface area contributed by atoms with Crippen molar-refractivity contribution in [2.75, 3.05) is 11.9 Å². The molecule has 0 bridgehead atoms. The van der Waals surface area contributed by atoms with Crippen LogP contribution in [0.25, 0.3) is 0 Å². The number of likely N-dealkylation sites (tertiary alicyclic amines) is 1. The number of nitrogens with one attached hydrogen (secondary N) is 1. The smallest absolute Gasteiger partial charge is 0.250 e. The highest BCUT2D eigenvalue weighted by Crippen LogP contribution is 2.60. The molecule has 4 aliphatic heterocycles. The monoisotopic (exact) mass is 415 g/mol. The van der Waals surface area contributed by atoms with Crippen molar-refractivity contribution in [1.29, 1.82) is 0 Å². The summed E-state index contributed by atoms with van der Waals surface area (Å²) in [6, 6.07) is 13.6. The molecule has 6 nitrogen and oxygen atoms in total. The number of anilines is 1. The zero-order valence-corrected chi connectivity index (χ0v) is 17.7. The Balaban J connectivity index is 1.52. The first-order valence-corrected chi connectivity index (χ1v) is 11.0. The largest absolute Gasteiger partial charge is 0.324 e. The lowest BCUT2D eigenvalue weighted by molar-refractivity contribution is -0.146. The molecule has 6 rings (SSSR count). The first-order chi connectivity index (χ1) is 14.9. The molecule has 2 aromatic carbocycles. The fourth-order valence-electron chi connectivity index (χ4n) is 6.64. The van der Waals surface area contributed by atoms with Crippen LogP contribution in [0, 0.1) is 25.7 Å². The standard InChI is InChI=1S/C25H25N3O3/c1-14-11-15(2)21-17(12-14)25(24(31)26-21)20-19(18-9-6-10-28(18)25)22(29)27(23(20)30)13-16-7-4-3-5-8-16/h3-5,7-8,11-12,18-20H,6,9-10,13H2,1-2H3,(H,26,31)/t18-,19-,20-,25+/m1/s1. The third-order valence-electron chi connectivity index (χ3n) is 7.72. The lowest BCUT2D eigenvalue weighted by atomic mass is 9.75. The van der Waals surface area contributed by atoms with Crippen LogP contribution in [0.3, 0.4) is 0 Å². The van der Waals surface area contributed by atoms with Gasteiger partial charge in [0.2, 0.25) is 17.7 Å². The van der Waals surface area contributed by atoms with E-state index in [9.17, 15) is 14.4 Å². The average molecular weight is 415 g/mol. The lowest BCUT2D eigenvalue weighted by Gasteiger charge is -2.36. The van der Waals surface area contributed by atoms with E-state index in [-0.39, 0.29) is 30.3 Å². The Labute approximate surface area is 181 Å². The number of carbonyl (C=O) groups is 3. The molecular formula is C25H25N3O3. The summed E-state index contributed by atoms with van der Waals surface area (Å²) in [5.41, 5.74) is 3.57. The molecule has 1 spiro atoms. The third kappa shape index (κ3) is 2.23. The summed E-state index contributed by atoms with van der Waals surface area (Å²) in [6.07, 6.45) is 1.78. The second kappa shape index (κ2) is 6.26. The summed E-state index contributed by atoms with van der Waals surface area (Å²) in [5.74, 6) is -1.63. The van der Waals surface area contributed by atoms with Crippen molar-refractivity contribution in [2.24, 2.45) is 11.8 Å². The number of carbonyl (C=O) groups excluding carboxylic acids is 3. The number of rotatable bonds is 2. The van der Waals surface area contributed by atoms with Gasteiger partial charge in [0, 0.05) is 17.3 Å². The number of hydrogen-bond donors (Lipinski definition) is 1. The minimum Gasteiger partial charge on any atom is -0.324 e. The number of aryl methyl sites for hydroxylation is 2. The number of nitrogens with zero attached hydrogens (tertiary/aromatic N) is 2. The van der Waals surface area contributed by atoms with Crippen LogP contribution in [0.5, 0.6) is 0 Å². The van der Waals surface area contributed by atoms with E-state index in [1.54, 1.807) is 0 Å². The summed E-state index contributed by atoms with van der Waals surface area (Å²) in [7, 11) is 0. The topological polar surface area (TPSA) is 69.7 Å². The van der Waals surface area contributed by atoms with Gasteiger partial charge in [0.15, 0.2) is 0 Å². The fraction of sp³-hybridized carbons (Fsp3) is 0.400. The number of amides is 3. The summed E-state index contributed by atoms with van der Waals surface area (Å²) in [6.45, 7) is 5.00. The molecule has 6 heteroatoms. The molecule has 0 aliphatic carbocycles. The predicted molar refractivity (Wildman–Crippen MR) is 115 cm³/mol. The Morgan fingerprint density at radius 2 is 1.84 bits per heavy atom. The molecule has 4 atom stereocenters. The van der Waals surface area contributed by atoms with Crippen LogP contribution in [0.1, 0.15) is 35.1 Å². The van der Waals surface area contributed by atoms with Gasteiger partial charge in [-0.05, 0) is 44.4 Å². The van der Waals surface area contributed by atoms with Gasteiger partial charge in [-0.3, -0.25) is 24.2 Å². The molecule has 31 heavy (non-hydrogen) atoms. The van der Waals surface area contributed by atoms with E-state index in [4.69, 9.17) is 0 Å².